The minimum atomic E-state index is -1.11. The van der Waals surface area contributed by atoms with E-state index in [1.54, 1.807) is 43.6 Å². The number of ether oxygens (including phenoxy) is 2. The average molecular weight is 434 g/mol. The van der Waals surface area contributed by atoms with Crippen LogP contribution >= 0.6 is 11.6 Å². The summed E-state index contributed by atoms with van der Waals surface area (Å²) in [5.74, 6) is 1.15. The maximum Gasteiger partial charge on any atom is 0.409 e. The lowest BCUT2D eigenvalue weighted by atomic mass is 10.2. The first-order valence-electron chi connectivity index (χ1n) is 9.34. The molecule has 0 saturated heterocycles. The van der Waals surface area contributed by atoms with E-state index in [0.717, 1.165) is 18.2 Å². The van der Waals surface area contributed by atoms with E-state index in [4.69, 9.17) is 26.2 Å². The lowest BCUT2D eigenvalue weighted by molar-refractivity contribution is 0.0902. The molecule has 0 aliphatic rings. The minimum absolute atomic E-state index is 0.384. The second-order valence-corrected chi connectivity index (χ2v) is 11.0. The number of carboxylic acid groups (broad SMARTS) is 1. The molecule has 0 unspecified atom stereocenters. The number of pyridine rings is 1. The van der Waals surface area contributed by atoms with Crippen LogP contribution in [0.2, 0.25) is 24.2 Å². The summed E-state index contributed by atoms with van der Waals surface area (Å²) >= 11 is 6.46. The van der Waals surface area contributed by atoms with Crippen molar-refractivity contribution in [1.82, 2.24) is 9.55 Å². The van der Waals surface area contributed by atoms with Crippen LogP contribution in [0.25, 0.3) is 11.0 Å². The van der Waals surface area contributed by atoms with Gasteiger partial charge in [-0.25, -0.2) is 9.78 Å². The van der Waals surface area contributed by atoms with Crippen LogP contribution in [0.4, 0.5) is 10.5 Å². The highest BCUT2D eigenvalue weighted by Gasteiger charge is 2.15. The minimum Gasteiger partial charge on any atom is -0.465 e. The van der Waals surface area contributed by atoms with Crippen molar-refractivity contribution in [3.63, 3.8) is 0 Å². The van der Waals surface area contributed by atoms with E-state index in [2.05, 4.69) is 23.4 Å². The number of rotatable bonds is 8. The zero-order valence-corrected chi connectivity index (χ0v) is 18.5. The smallest absolute Gasteiger partial charge is 0.409 e. The number of aromatic nitrogens is 2. The van der Waals surface area contributed by atoms with Crippen LogP contribution < -0.4 is 10.1 Å². The van der Waals surface area contributed by atoms with Crippen LogP contribution in [0.15, 0.2) is 36.7 Å². The van der Waals surface area contributed by atoms with Crippen molar-refractivity contribution in [2.45, 2.75) is 32.8 Å². The molecule has 7 nitrogen and oxygen atoms in total. The van der Waals surface area contributed by atoms with Gasteiger partial charge in [0.15, 0.2) is 0 Å². The number of amides is 1. The van der Waals surface area contributed by atoms with E-state index in [0.29, 0.717) is 40.0 Å². The maximum atomic E-state index is 10.8. The first-order valence-corrected chi connectivity index (χ1v) is 12.8. The predicted octanol–water partition coefficient (Wildman–Crippen LogP) is 5.34. The molecule has 0 fully saturated rings. The van der Waals surface area contributed by atoms with E-state index in [1.165, 1.54) is 0 Å². The molecule has 154 valence electrons. The van der Waals surface area contributed by atoms with E-state index in [-0.39, 0.29) is 0 Å². The van der Waals surface area contributed by atoms with Gasteiger partial charge >= 0.3 is 6.09 Å². The van der Waals surface area contributed by atoms with Crippen LogP contribution in [0.3, 0.4) is 0 Å². The molecule has 29 heavy (non-hydrogen) atoms. The van der Waals surface area contributed by atoms with Gasteiger partial charge < -0.3 is 19.1 Å². The molecule has 2 heterocycles. The molecule has 3 aromatic rings. The molecule has 0 bridgehead atoms. The van der Waals surface area contributed by atoms with Crippen LogP contribution in [-0.4, -0.2) is 36.2 Å². The molecule has 0 atom stereocenters. The first-order chi connectivity index (χ1) is 13.8. The molecule has 9 heteroatoms. The van der Waals surface area contributed by atoms with Crippen LogP contribution in [0.1, 0.15) is 5.56 Å². The lowest BCUT2D eigenvalue weighted by Gasteiger charge is -2.11. The number of hydrogen-bond acceptors (Lipinski definition) is 4. The fourth-order valence-corrected chi connectivity index (χ4v) is 3.82. The summed E-state index contributed by atoms with van der Waals surface area (Å²) in [5.41, 5.74) is 1.95. The Hall–Kier alpha value is -2.55. The number of nitrogens with one attached hydrogen (secondary N) is 1. The number of benzene rings is 1. The molecule has 0 aliphatic carbocycles. The number of nitrogens with zero attached hydrogens (tertiary/aromatic N) is 2. The van der Waals surface area contributed by atoms with Gasteiger partial charge in [-0.15, -0.1) is 0 Å². The zero-order chi connectivity index (χ0) is 21.0. The largest absolute Gasteiger partial charge is 0.465 e. The fraction of sp³-hybridized carbons (Fsp3) is 0.300. The molecule has 1 aromatic carbocycles. The molecule has 2 N–H and O–H groups in total. The summed E-state index contributed by atoms with van der Waals surface area (Å²) in [6.07, 6.45) is 2.35. The summed E-state index contributed by atoms with van der Waals surface area (Å²) in [6.45, 7) is 7.51. The van der Waals surface area contributed by atoms with Crippen molar-refractivity contribution >= 4 is 43.2 Å². The maximum absolute atomic E-state index is 10.8. The highest BCUT2D eigenvalue weighted by atomic mass is 35.5. The Bertz CT molecular complexity index is 1020. The van der Waals surface area contributed by atoms with Crippen molar-refractivity contribution in [3.05, 3.63) is 47.2 Å². The topological polar surface area (TPSA) is 85.6 Å². The highest BCUT2D eigenvalue weighted by Crippen LogP contribution is 2.36. The molecular formula is C20H24ClN3O4Si. The second kappa shape index (κ2) is 9.30. The van der Waals surface area contributed by atoms with Gasteiger partial charge in [-0.2, -0.15) is 0 Å². The normalized spacial score (nSPS) is 11.2. The average Bonchev–Trinajstić information content (AvgIpc) is 2.97. The zero-order valence-electron chi connectivity index (χ0n) is 16.6. The number of fused-ring (bicyclic) bond motifs is 1. The Morgan fingerprint density at radius 3 is 2.83 bits per heavy atom. The molecular weight excluding hydrogens is 410 g/mol. The molecule has 0 aliphatic heterocycles. The second-order valence-electron chi connectivity index (χ2n) is 7.18. The summed E-state index contributed by atoms with van der Waals surface area (Å²) in [5, 5.41) is 12.5. The Labute approximate surface area is 175 Å². The third kappa shape index (κ3) is 5.29. The summed E-state index contributed by atoms with van der Waals surface area (Å²) in [6, 6.07) is 8.01. The summed E-state index contributed by atoms with van der Waals surface area (Å²) < 4.78 is 13.7. The van der Waals surface area contributed by atoms with Crippen molar-refractivity contribution < 1.29 is 19.4 Å². The number of hydrogen-bond donors (Lipinski definition) is 2. The van der Waals surface area contributed by atoms with Gasteiger partial charge in [0.2, 0.25) is 0 Å². The molecule has 0 radical (unpaired) electrons. The highest BCUT2D eigenvalue weighted by molar-refractivity contribution is 6.55. The number of carbonyl (C=O) groups is 1. The number of halogens is 1. The van der Waals surface area contributed by atoms with Gasteiger partial charge in [-0.05, 0) is 42.8 Å². The van der Waals surface area contributed by atoms with Gasteiger partial charge in [-0.3, -0.25) is 5.32 Å². The Kier molecular flexibility index (Phi) is 6.78. The third-order valence-electron chi connectivity index (χ3n) is 4.41. The number of aryl methyl sites for hydroxylation is 1. The van der Waals surface area contributed by atoms with E-state index < -0.39 is 14.9 Å². The first kappa shape index (κ1) is 21.2. The molecule has 0 saturated carbocycles. The van der Waals surface area contributed by atoms with Gasteiger partial charge in [-0.1, -0.05) is 24.7 Å². The number of anilines is 1. The summed E-state index contributed by atoms with van der Waals surface area (Å²) in [7, 11) is -0.638. The lowest BCUT2D eigenvalue weighted by Crippen LogP contribution is -2.08. The fourth-order valence-electron chi connectivity index (χ4n) is 2.89. The van der Waals surface area contributed by atoms with Crippen LogP contribution in [-0.2, 0) is 11.5 Å². The molecule has 1 amide bonds. The van der Waals surface area contributed by atoms with E-state index >= 15 is 0 Å². The van der Waals surface area contributed by atoms with Crippen molar-refractivity contribution in [2.75, 3.05) is 11.9 Å². The van der Waals surface area contributed by atoms with Crippen LogP contribution in [0, 0.1) is 6.92 Å². The Balaban J connectivity index is 1.81. The SMILES string of the molecule is Cc1cc(Oc2ccnc3c2c(Cl)cn3COCC[SiH](C)C)ccc1NC(=O)O. The quantitative estimate of drug-likeness (QED) is 0.370. The Morgan fingerprint density at radius 1 is 1.34 bits per heavy atom. The van der Waals surface area contributed by atoms with Crippen molar-refractivity contribution in [3.8, 4) is 11.5 Å². The molecule has 0 spiro atoms. The Morgan fingerprint density at radius 2 is 2.14 bits per heavy atom. The molecule has 3 rings (SSSR count). The van der Waals surface area contributed by atoms with Crippen molar-refractivity contribution in [1.29, 1.82) is 0 Å². The monoisotopic (exact) mass is 433 g/mol. The predicted molar refractivity (Wildman–Crippen MR) is 117 cm³/mol. The van der Waals surface area contributed by atoms with Gasteiger partial charge in [0.25, 0.3) is 0 Å². The van der Waals surface area contributed by atoms with Gasteiger partial charge in [0.05, 0.1) is 10.4 Å². The van der Waals surface area contributed by atoms with Crippen molar-refractivity contribution in [2.24, 2.45) is 0 Å². The van der Waals surface area contributed by atoms with E-state index in [1.807, 2.05) is 4.57 Å². The van der Waals surface area contributed by atoms with Gasteiger partial charge in [0.1, 0.15) is 23.9 Å². The summed E-state index contributed by atoms with van der Waals surface area (Å²) in [4.78, 5) is 15.3. The van der Waals surface area contributed by atoms with Crippen LogP contribution in [0.5, 0.6) is 11.5 Å². The molecule has 2 aromatic heterocycles. The standard InChI is InChI=1S/C20H24ClN3O4Si/c1-13-10-14(4-5-16(13)23-20(25)26)28-17-6-7-22-19-18(17)15(21)11-24(19)12-27-8-9-29(2)3/h4-7,10-11,23,29H,8-9,12H2,1-3H3,(H,25,26). The van der Waals surface area contributed by atoms with E-state index in [9.17, 15) is 4.79 Å². The third-order valence-corrected chi connectivity index (χ3v) is 6.09. The van der Waals surface area contributed by atoms with Gasteiger partial charge in [0, 0.05) is 33.5 Å².